The highest BCUT2D eigenvalue weighted by atomic mass is 32.1. The fourth-order valence-corrected chi connectivity index (χ4v) is 3.55. The van der Waals surface area contributed by atoms with Gasteiger partial charge in [0.2, 0.25) is 0 Å². The molecule has 3 aromatic carbocycles. The van der Waals surface area contributed by atoms with E-state index in [-0.39, 0.29) is 0 Å². The Kier molecular flexibility index (Phi) is 4.42. The van der Waals surface area contributed by atoms with Crippen molar-refractivity contribution in [3.63, 3.8) is 0 Å². The smallest absolute Gasteiger partial charge is 0.0240 e. The Morgan fingerprint density at radius 3 is 2.08 bits per heavy atom. The molecule has 1 nitrogen and oxygen atoms in total. The highest BCUT2D eigenvalue weighted by Crippen LogP contribution is 2.23. The van der Waals surface area contributed by atoms with Crippen LogP contribution in [0.1, 0.15) is 16.7 Å². The quantitative estimate of drug-likeness (QED) is 0.646. The number of thiol groups is 1. The molecule has 24 heavy (non-hydrogen) atoms. The molecule has 1 aliphatic heterocycles. The van der Waals surface area contributed by atoms with Crippen LogP contribution in [0, 0.1) is 0 Å². The minimum atomic E-state index is 1.00. The number of fused-ring (bicyclic) bond motifs is 1. The molecule has 0 saturated heterocycles. The van der Waals surface area contributed by atoms with Crippen molar-refractivity contribution in [1.82, 2.24) is 4.90 Å². The molecule has 1 heterocycles. The van der Waals surface area contributed by atoms with Crippen LogP contribution in [0.4, 0.5) is 0 Å². The number of hydrogen-bond acceptors (Lipinski definition) is 2. The largest absolute Gasteiger partial charge is 0.294 e. The molecule has 0 atom stereocenters. The molecule has 4 rings (SSSR count). The summed E-state index contributed by atoms with van der Waals surface area (Å²) in [6.07, 6.45) is 1.16. The molecule has 3 aromatic rings. The Morgan fingerprint density at radius 2 is 1.38 bits per heavy atom. The van der Waals surface area contributed by atoms with E-state index in [2.05, 4.69) is 78.2 Å². The first-order chi connectivity index (χ1) is 11.8. The Hall–Kier alpha value is -2.03. The zero-order valence-electron chi connectivity index (χ0n) is 13.7. The highest BCUT2D eigenvalue weighted by molar-refractivity contribution is 7.80. The van der Waals surface area contributed by atoms with Gasteiger partial charge in [-0.15, -0.1) is 12.6 Å². The number of nitrogens with zero attached hydrogens (tertiary/aromatic N) is 1. The molecule has 0 amide bonds. The number of hydrogen-bond donors (Lipinski definition) is 1. The number of rotatable bonds is 3. The van der Waals surface area contributed by atoms with Gasteiger partial charge in [-0.2, -0.15) is 0 Å². The first kappa shape index (κ1) is 15.5. The predicted molar refractivity (Wildman–Crippen MR) is 103 cm³/mol. The standard InChI is InChI=1S/C22H21NS/c24-22-11-9-20(10-12-22)19-7-5-17(6-8-19)15-23-14-13-18-3-1-2-4-21(18)16-23/h1-12,24H,13-16H2. The summed E-state index contributed by atoms with van der Waals surface area (Å²) < 4.78 is 0. The van der Waals surface area contributed by atoms with E-state index in [4.69, 9.17) is 0 Å². The average molecular weight is 331 g/mol. The van der Waals surface area contributed by atoms with Crippen molar-refractivity contribution in [3.05, 3.63) is 89.5 Å². The summed E-state index contributed by atoms with van der Waals surface area (Å²) in [5, 5.41) is 0. The zero-order chi connectivity index (χ0) is 16.4. The van der Waals surface area contributed by atoms with E-state index in [1.807, 2.05) is 12.1 Å². The van der Waals surface area contributed by atoms with Crippen LogP contribution in [0.2, 0.25) is 0 Å². The van der Waals surface area contributed by atoms with E-state index < -0.39 is 0 Å². The third-order valence-electron chi connectivity index (χ3n) is 4.77. The lowest BCUT2D eigenvalue weighted by Crippen LogP contribution is -2.29. The zero-order valence-corrected chi connectivity index (χ0v) is 14.5. The Bertz CT molecular complexity index is 821. The van der Waals surface area contributed by atoms with Gasteiger partial charge in [-0.25, -0.2) is 0 Å². The Labute approximate surface area is 149 Å². The molecule has 0 aliphatic carbocycles. The van der Waals surface area contributed by atoms with Crippen molar-refractivity contribution < 1.29 is 0 Å². The summed E-state index contributed by atoms with van der Waals surface area (Å²) in [6.45, 7) is 3.22. The van der Waals surface area contributed by atoms with Crippen LogP contribution in [0.15, 0.2) is 77.7 Å². The van der Waals surface area contributed by atoms with Crippen LogP contribution < -0.4 is 0 Å². The summed E-state index contributed by atoms with van der Waals surface area (Å²) in [7, 11) is 0. The van der Waals surface area contributed by atoms with Gasteiger partial charge < -0.3 is 0 Å². The topological polar surface area (TPSA) is 3.24 Å². The van der Waals surface area contributed by atoms with E-state index >= 15 is 0 Å². The van der Waals surface area contributed by atoms with Gasteiger partial charge >= 0.3 is 0 Å². The monoisotopic (exact) mass is 331 g/mol. The van der Waals surface area contributed by atoms with E-state index in [1.165, 1.54) is 27.8 Å². The third kappa shape index (κ3) is 3.40. The molecule has 2 heteroatoms. The minimum absolute atomic E-state index is 1.00. The second kappa shape index (κ2) is 6.84. The molecule has 0 fully saturated rings. The summed E-state index contributed by atoms with van der Waals surface area (Å²) in [5.74, 6) is 0. The molecule has 0 saturated carbocycles. The molecule has 0 radical (unpaired) electrons. The van der Waals surface area contributed by atoms with Gasteiger partial charge in [-0.05, 0) is 46.4 Å². The molecule has 0 bridgehead atoms. The Balaban J connectivity index is 1.45. The predicted octanol–water partition coefficient (Wildman–Crippen LogP) is 5.20. The minimum Gasteiger partial charge on any atom is -0.294 e. The van der Waals surface area contributed by atoms with Crippen molar-refractivity contribution in [2.75, 3.05) is 6.54 Å². The third-order valence-corrected chi connectivity index (χ3v) is 5.07. The molecule has 120 valence electrons. The fourth-order valence-electron chi connectivity index (χ4n) is 3.40. The van der Waals surface area contributed by atoms with Crippen molar-refractivity contribution in [3.8, 4) is 11.1 Å². The van der Waals surface area contributed by atoms with E-state index in [1.54, 1.807) is 0 Å². The van der Waals surface area contributed by atoms with Gasteiger partial charge in [-0.1, -0.05) is 60.7 Å². The van der Waals surface area contributed by atoms with Crippen LogP contribution in [0.5, 0.6) is 0 Å². The molecular weight excluding hydrogens is 310 g/mol. The molecule has 1 aliphatic rings. The maximum atomic E-state index is 4.35. The average Bonchev–Trinajstić information content (AvgIpc) is 2.63. The van der Waals surface area contributed by atoms with Gasteiger partial charge in [0, 0.05) is 24.5 Å². The van der Waals surface area contributed by atoms with Crippen LogP contribution in [0.3, 0.4) is 0 Å². The highest BCUT2D eigenvalue weighted by Gasteiger charge is 2.15. The van der Waals surface area contributed by atoms with Crippen molar-refractivity contribution in [1.29, 1.82) is 0 Å². The summed E-state index contributed by atoms with van der Waals surface area (Å²) in [5.41, 5.74) is 6.87. The van der Waals surface area contributed by atoms with Gasteiger partial charge in [0.15, 0.2) is 0 Å². The molecule has 0 aromatic heterocycles. The summed E-state index contributed by atoms with van der Waals surface area (Å²) >= 11 is 4.35. The second-order valence-electron chi connectivity index (χ2n) is 6.47. The van der Waals surface area contributed by atoms with E-state index in [9.17, 15) is 0 Å². The van der Waals surface area contributed by atoms with Crippen LogP contribution in [-0.4, -0.2) is 11.4 Å². The second-order valence-corrected chi connectivity index (χ2v) is 6.99. The lowest BCUT2D eigenvalue weighted by molar-refractivity contribution is 0.245. The molecule has 0 N–H and O–H groups in total. The van der Waals surface area contributed by atoms with Crippen molar-refractivity contribution in [2.45, 2.75) is 24.4 Å². The van der Waals surface area contributed by atoms with Crippen LogP contribution in [-0.2, 0) is 19.5 Å². The Morgan fingerprint density at radius 1 is 0.750 bits per heavy atom. The first-order valence-electron chi connectivity index (χ1n) is 8.45. The van der Waals surface area contributed by atoms with Gasteiger partial charge in [-0.3, -0.25) is 4.90 Å². The summed E-state index contributed by atoms with van der Waals surface area (Å²) in [6, 6.07) is 26.1. The van der Waals surface area contributed by atoms with Crippen LogP contribution >= 0.6 is 12.6 Å². The SMILES string of the molecule is Sc1ccc(-c2ccc(CN3CCc4ccccc4C3)cc2)cc1. The van der Waals surface area contributed by atoms with Crippen LogP contribution in [0.25, 0.3) is 11.1 Å². The van der Waals surface area contributed by atoms with E-state index in [0.29, 0.717) is 0 Å². The maximum Gasteiger partial charge on any atom is 0.0240 e. The van der Waals surface area contributed by atoms with Gasteiger partial charge in [0.25, 0.3) is 0 Å². The van der Waals surface area contributed by atoms with Crippen molar-refractivity contribution >= 4 is 12.6 Å². The lowest BCUT2D eigenvalue weighted by atomic mass is 9.99. The van der Waals surface area contributed by atoms with Gasteiger partial charge in [0.05, 0.1) is 0 Å². The van der Waals surface area contributed by atoms with Crippen molar-refractivity contribution in [2.24, 2.45) is 0 Å². The summed E-state index contributed by atoms with van der Waals surface area (Å²) in [4.78, 5) is 3.54. The normalized spacial score (nSPS) is 14.4. The molecule has 0 spiro atoms. The lowest BCUT2D eigenvalue weighted by Gasteiger charge is -2.28. The van der Waals surface area contributed by atoms with E-state index in [0.717, 1.165) is 31.0 Å². The molecular formula is C22H21NS. The van der Waals surface area contributed by atoms with Gasteiger partial charge in [0.1, 0.15) is 0 Å². The molecule has 0 unspecified atom stereocenters. The maximum absolute atomic E-state index is 4.35. The number of benzene rings is 3. The first-order valence-corrected chi connectivity index (χ1v) is 8.90. The fraction of sp³-hybridized carbons (Fsp3) is 0.182.